The Bertz CT molecular complexity index is 1020. The SMILES string of the molecule is N#C/C(=C/c1cc(Cl)c(OCc2ccc([N+](=O)[O-])cc2)c(Br)c1)C(=O)NC(N)=O. The van der Waals surface area contributed by atoms with Crippen molar-refractivity contribution in [1.82, 2.24) is 5.32 Å². The Morgan fingerprint density at radius 2 is 2.00 bits per heavy atom. The number of nitrogens with one attached hydrogen (secondary N) is 1. The Hall–Kier alpha value is -3.42. The normalized spacial score (nSPS) is 10.7. The molecule has 29 heavy (non-hydrogen) atoms. The first-order chi connectivity index (χ1) is 13.7. The molecular formula is C18H12BrClN4O5. The van der Waals surface area contributed by atoms with Crippen molar-refractivity contribution in [3.8, 4) is 11.8 Å². The van der Waals surface area contributed by atoms with Gasteiger partial charge in [0.2, 0.25) is 0 Å². The largest absolute Gasteiger partial charge is 0.486 e. The van der Waals surface area contributed by atoms with E-state index in [2.05, 4.69) is 15.9 Å². The molecule has 2 rings (SSSR count). The molecular weight excluding hydrogens is 468 g/mol. The van der Waals surface area contributed by atoms with Crippen molar-refractivity contribution in [3.63, 3.8) is 0 Å². The zero-order chi connectivity index (χ0) is 21.6. The first-order valence-corrected chi connectivity index (χ1v) is 8.96. The molecule has 2 aromatic carbocycles. The minimum atomic E-state index is -1.08. The second-order valence-electron chi connectivity index (χ2n) is 5.51. The Morgan fingerprint density at radius 1 is 1.34 bits per heavy atom. The van der Waals surface area contributed by atoms with E-state index >= 15 is 0 Å². The van der Waals surface area contributed by atoms with Gasteiger partial charge in [-0.05, 0) is 57.4 Å². The summed E-state index contributed by atoms with van der Waals surface area (Å²) in [6.45, 7) is 0.107. The van der Waals surface area contributed by atoms with E-state index in [-0.39, 0.29) is 22.9 Å². The summed E-state index contributed by atoms with van der Waals surface area (Å²) in [7, 11) is 0. The monoisotopic (exact) mass is 478 g/mol. The van der Waals surface area contributed by atoms with Crippen molar-refractivity contribution < 1.29 is 19.2 Å². The lowest BCUT2D eigenvalue weighted by molar-refractivity contribution is -0.384. The van der Waals surface area contributed by atoms with Crippen LogP contribution >= 0.6 is 27.5 Å². The van der Waals surface area contributed by atoms with Crippen molar-refractivity contribution in [2.24, 2.45) is 5.73 Å². The molecule has 3 amide bonds. The molecule has 9 nitrogen and oxygen atoms in total. The minimum absolute atomic E-state index is 0.0298. The van der Waals surface area contributed by atoms with Gasteiger partial charge in [-0.25, -0.2) is 4.79 Å². The van der Waals surface area contributed by atoms with Gasteiger partial charge in [0.25, 0.3) is 11.6 Å². The Morgan fingerprint density at radius 3 is 2.52 bits per heavy atom. The fourth-order valence-electron chi connectivity index (χ4n) is 2.16. The number of imide groups is 1. The molecule has 0 unspecified atom stereocenters. The molecule has 0 aromatic heterocycles. The number of benzene rings is 2. The highest BCUT2D eigenvalue weighted by atomic mass is 79.9. The van der Waals surface area contributed by atoms with Crippen molar-refractivity contribution in [2.45, 2.75) is 6.61 Å². The summed E-state index contributed by atoms with van der Waals surface area (Å²) in [6.07, 6.45) is 1.23. The smallest absolute Gasteiger partial charge is 0.319 e. The molecule has 0 atom stereocenters. The van der Waals surface area contributed by atoms with E-state index in [9.17, 15) is 19.7 Å². The molecule has 2 aromatic rings. The average molecular weight is 480 g/mol. The summed E-state index contributed by atoms with van der Waals surface area (Å²) in [5.74, 6) is -0.631. The van der Waals surface area contributed by atoms with Gasteiger partial charge < -0.3 is 10.5 Å². The second-order valence-corrected chi connectivity index (χ2v) is 6.78. The fourth-order valence-corrected chi connectivity index (χ4v) is 3.15. The maximum absolute atomic E-state index is 11.7. The van der Waals surface area contributed by atoms with Crippen LogP contribution in [0.25, 0.3) is 6.08 Å². The summed E-state index contributed by atoms with van der Waals surface area (Å²) in [6, 6.07) is 9.48. The first kappa shape index (κ1) is 21.9. The van der Waals surface area contributed by atoms with Gasteiger partial charge in [-0.3, -0.25) is 20.2 Å². The maximum Gasteiger partial charge on any atom is 0.319 e. The van der Waals surface area contributed by atoms with Crippen LogP contribution in [0.4, 0.5) is 10.5 Å². The predicted octanol–water partition coefficient (Wildman–Crippen LogP) is 3.69. The van der Waals surface area contributed by atoms with E-state index < -0.39 is 16.9 Å². The molecule has 0 aliphatic rings. The molecule has 11 heteroatoms. The second kappa shape index (κ2) is 9.68. The van der Waals surface area contributed by atoms with Crippen LogP contribution in [0.15, 0.2) is 46.4 Å². The number of nitrogens with zero attached hydrogens (tertiary/aromatic N) is 2. The number of nitro groups is 1. The topological polar surface area (TPSA) is 148 Å². The zero-order valence-electron chi connectivity index (χ0n) is 14.5. The Labute approximate surface area is 178 Å². The minimum Gasteiger partial charge on any atom is -0.486 e. The lowest BCUT2D eigenvalue weighted by atomic mass is 10.1. The highest BCUT2D eigenvalue weighted by molar-refractivity contribution is 9.10. The number of ether oxygens (including phenoxy) is 1. The van der Waals surface area contributed by atoms with E-state index in [0.717, 1.165) is 0 Å². The molecule has 0 radical (unpaired) electrons. The van der Waals surface area contributed by atoms with Gasteiger partial charge in [0.1, 0.15) is 18.2 Å². The zero-order valence-corrected chi connectivity index (χ0v) is 16.9. The molecule has 0 bridgehead atoms. The van der Waals surface area contributed by atoms with Crippen LogP contribution in [0.3, 0.4) is 0 Å². The Balaban J connectivity index is 2.19. The van der Waals surface area contributed by atoms with Crippen LogP contribution in [0.5, 0.6) is 5.75 Å². The van der Waals surface area contributed by atoms with E-state index in [1.165, 1.54) is 24.3 Å². The van der Waals surface area contributed by atoms with Crippen LogP contribution in [-0.2, 0) is 11.4 Å². The van der Waals surface area contributed by atoms with Gasteiger partial charge in [0.15, 0.2) is 5.75 Å². The third-order valence-electron chi connectivity index (χ3n) is 3.46. The number of urea groups is 1. The number of nitrogens with two attached hydrogens (primary N) is 1. The third kappa shape index (κ3) is 6.03. The van der Waals surface area contributed by atoms with E-state index in [4.69, 9.17) is 27.3 Å². The molecule has 0 saturated carbocycles. The maximum atomic E-state index is 11.7. The summed E-state index contributed by atoms with van der Waals surface area (Å²) in [5.41, 5.74) is 5.59. The fraction of sp³-hybridized carbons (Fsp3) is 0.0556. The van der Waals surface area contributed by atoms with Gasteiger partial charge >= 0.3 is 6.03 Å². The van der Waals surface area contributed by atoms with Gasteiger partial charge in [-0.1, -0.05) is 11.6 Å². The number of amides is 3. The quantitative estimate of drug-likeness (QED) is 0.279. The number of hydrogen-bond donors (Lipinski definition) is 2. The summed E-state index contributed by atoms with van der Waals surface area (Å²) in [4.78, 5) is 32.7. The third-order valence-corrected chi connectivity index (χ3v) is 4.33. The summed E-state index contributed by atoms with van der Waals surface area (Å²) >= 11 is 9.53. The Kier molecular flexibility index (Phi) is 7.30. The van der Waals surface area contributed by atoms with Gasteiger partial charge in [0, 0.05) is 12.1 Å². The van der Waals surface area contributed by atoms with E-state index in [1.54, 1.807) is 29.6 Å². The summed E-state index contributed by atoms with van der Waals surface area (Å²) < 4.78 is 6.12. The van der Waals surface area contributed by atoms with Crippen LogP contribution in [0.1, 0.15) is 11.1 Å². The summed E-state index contributed by atoms with van der Waals surface area (Å²) in [5, 5.41) is 21.8. The van der Waals surface area contributed by atoms with Crippen LogP contribution < -0.4 is 15.8 Å². The lowest BCUT2D eigenvalue weighted by Gasteiger charge is -2.11. The number of non-ortho nitro benzene ring substituents is 1. The number of nitriles is 1. The number of primary amides is 1. The van der Waals surface area contributed by atoms with Gasteiger partial charge in [-0.2, -0.15) is 5.26 Å². The van der Waals surface area contributed by atoms with Crippen LogP contribution in [0.2, 0.25) is 5.02 Å². The molecule has 0 heterocycles. The van der Waals surface area contributed by atoms with Crippen molar-refractivity contribution in [3.05, 3.63) is 72.7 Å². The standard InChI is InChI=1S/C18H12BrClN4O5/c19-14-6-11(5-12(8-21)17(25)23-18(22)26)7-15(20)16(14)29-9-10-1-3-13(4-2-10)24(27)28/h1-7H,9H2,(H3,22,23,25,26)/b12-5-. The van der Waals surface area contributed by atoms with Gasteiger partial charge in [-0.15, -0.1) is 0 Å². The van der Waals surface area contributed by atoms with Crippen molar-refractivity contribution >= 4 is 51.2 Å². The number of carbonyl (C=O) groups is 2. The van der Waals surface area contributed by atoms with E-state index in [0.29, 0.717) is 21.3 Å². The highest BCUT2D eigenvalue weighted by Crippen LogP contribution is 2.35. The average Bonchev–Trinajstić information content (AvgIpc) is 2.65. The predicted molar refractivity (Wildman–Crippen MR) is 108 cm³/mol. The van der Waals surface area contributed by atoms with Crippen LogP contribution in [-0.4, -0.2) is 16.9 Å². The van der Waals surface area contributed by atoms with Crippen molar-refractivity contribution in [2.75, 3.05) is 0 Å². The molecule has 0 aliphatic heterocycles. The molecule has 0 saturated heterocycles. The van der Waals surface area contributed by atoms with E-state index in [1.807, 2.05) is 0 Å². The van der Waals surface area contributed by atoms with Gasteiger partial charge in [0.05, 0.1) is 14.4 Å². The number of hydrogen-bond acceptors (Lipinski definition) is 6. The number of nitro benzene ring substituents is 1. The van der Waals surface area contributed by atoms with Crippen LogP contribution in [0, 0.1) is 21.4 Å². The first-order valence-electron chi connectivity index (χ1n) is 7.79. The number of rotatable bonds is 6. The molecule has 0 fully saturated rings. The molecule has 3 N–H and O–H groups in total. The number of carbonyl (C=O) groups excluding carboxylic acids is 2. The van der Waals surface area contributed by atoms with Crippen molar-refractivity contribution in [1.29, 1.82) is 5.26 Å². The number of halogens is 2. The lowest BCUT2D eigenvalue weighted by Crippen LogP contribution is -2.35. The molecule has 148 valence electrons. The highest BCUT2D eigenvalue weighted by Gasteiger charge is 2.14. The molecule has 0 spiro atoms. The molecule has 0 aliphatic carbocycles.